The Morgan fingerprint density at radius 2 is 1.54 bits per heavy atom. The third-order valence-electron chi connectivity index (χ3n) is 6.03. The van der Waals surface area contributed by atoms with E-state index in [0.29, 0.717) is 11.6 Å². The van der Waals surface area contributed by atoms with E-state index in [1.165, 1.54) is 22.9 Å². The molecule has 2 heterocycles. The molecule has 0 fully saturated rings. The summed E-state index contributed by atoms with van der Waals surface area (Å²) >= 11 is 7.82. The lowest BCUT2D eigenvalue weighted by molar-refractivity contribution is 0.730. The van der Waals surface area contributed by atoms with E-state index in [1.807, 2.05) is 36.4 Å². The van der Waals surface area contributed by atoms with Gasteiger partial charge in [-0.05, 0) is 42.4 Å². The minimum absolute atomic E-state index is 0.672. The van der Waals surface area contributed by atoms with Crippen molar-refractivity contribution in [3.8, 4) is 11.3 Å². The van der Waals surface area contributed by atoms with Gasteiger partial charge in [0.1, 0.15) is 10.7 Å². The van der Waals surface area contributed by atoms with Crippen LogP contribution in [0.4, 0.5) is 0 Å². The van der Waals surface area contributed by atoms with E-state index in [-0.39, 0.29) is 0 Å². The molecule has 0 aliphatic carbocycles. The van der Waals surface area contributed by atoms with Crippen molar-refractivity contribution >= 4 is 45.2 Å². The van der Waals surface area contributed by atoms with Crippen LogP contribution in [0.3, 0.4) is 0 Å². The molecule has 0 radical (unpaired) electrons. The minimum Gasteiger partial charge on any atom is -0.314 e. The van der Waals surface area contributed by atoms with Gasteiger partial charge in [0, 0.05) is 21.4 Å². The first-order valence-corrected chi connectivity index (χ1v) is 12.6. The van der Waals surface area contributed by atoms with Crippen molar-refractivity contribution < 1.29 is 0 Å². The molecule has 4 aromatic carbocycles. The summed E-state index contributed by atoms with van der Waals surface area (Å²) in [5.74, 6) is 0. The van der Waals surface area contributed by atoms with Gasteiger partial charge < -0.3 is 4.57 Å². The van der Waals surface area contributed by atoms with Crippen molar-refractivity contribution in [1.29, 1.82) is 0 Å². The first-order valence-electron chi connectivity index (χ1n) is 11.4. The van der Waals surface area contributed by atoms with E-state index >= 15 is 0 Å². The first kappa shape index (κ1) is 21.8. The summed E-state index contributed by atoms with van der Waals surface area (Å²) in [7, 11) is 0. The van der Waals surface area contributed by atoms with Gasteiger partial charge in [0.15, 0.2) is 5.16 Å². The Kier molecular flexibility index (Phi) is 5.72. The summed E-state index contributed by atoms with van der Waals surface area (Å²) in [5, 5.41) is 13.8. The van der Waals surface area contributed by atoms with Gasteiger partial charge in [-0.3, -0.25) is 0 Å². The molecule has 0 saturated carbocycles. The number of aryl methyl sites for hydroxylation is 1. The fourth-order valence-corrected chi connectivity index (χ4v) is 5.37. The molecular formula is C29H21ClN4S. The fourth-order valence-electron chi connectivity index (χ4n) is 4.24. The highest BCUT2D eigenvalue weighted by Gasteiger charge is 2.17. The van der Waals surface area contributed by atoms with Crippen molar-refractivity contribution in [3.05, 3.63) is 113 Å². The molecule has 0 aliphatic heterocycles. The van der Waals surface area contributed by atoms with Gasteiger partial charge in [-0.2, -0.15) is 0 Å². The third-order valence-corrected chi connectivity index (χ3v) is 7.25. The molecule has 0 bridgehead atoms. The summed E-state index contributed by atoms with van der Waals surface area (Å²) in [6.07, 6.45) is 0. The molecule has 6 rings (SSSR count). The lowest BCUT2D eigenvalue weighted by atomic mass is 10.0. The lowest BCUT2D eigenvalue weighted by Crippen LogP contribution is -2.02. The second-order valence-corrected chi connectivity index (χ2v) is 9.86. The summed E-state index contributed by atoms with van der Waals surface area (Å²) in [4.78, 5) is 4.94. The van der Waals surface area contributed by atoms with Gasteiger partial charge in [-0.15, -0.1) is 10.2 Å². The van der Waals surface area contributed by atoms with Crippen LogP contribution in [-0.2, 0) is 6.54 Å². The van der Waals surface area contributed by atoms with E-state index < -0.39 is 0 Å². The highest BCUT2D eigenvalue weighted by molar-refractivity contribution is 7.99. The Bertz CT molecular complexity index is 1660. The maximum Gasteiger partial charge on any atom is 0.175 e. The zero-order valence-electron chi connectivity index (χ0n) is 19.0. The van der Waals surface area contributed by atoms with Crippen LogP contribution >= 0.6 is 23.4 Å². The van der Waals surface area contributed by atoms with Crippen LogP contribution in [0.15, 0.2) is 107 Å². The van der Waals surface area contributed by atoms with Crippen molar-refractivity contribution in [2.45, 2.75) is 23.7 Å². The molecule has 0 unspecified atom stereocenters. The van der Waals surface area contributed by atoms with E-state index in [1.54, 1.807) is 0 Å². The van der Waals surface area contributed by atoms with Crippen molar-refractivity contribution in [1.82, 2.24) is 19.7 Å². The van der Waals surface area contributed by atoms with Crippen LogP contribution in [0.2, 0.25) is 5.02 Å². The Hall–Kier alpha value is -3.67. The number of imidazole rings is 1. The Morgan fingerprint density at radius 3 is 2.34 bits per heavy atom. The maximum atomic E-state index is 6.29. The Balaban J connectivity index is 1.47. The van der Waals surface area contributed by atoms with Gasteiger partial charge in [-0.25, -0.2) is 4.98 Å². The summed E-state index contributed by atoms with van der Waals surface area (Å²) in [5.41, 5.74) is 6.26. The molecule has 170 valence electrons. The van der Waals surface area contributed by atoms with Crippen LogP contribution in [-0.4, -0.2) is 19.7 Å². The average molecular weight is 493 g/mol. The van der Waals surface area contributed by atoms with Gasteiger partial charge >= 0.3 is 0 Å². The Morgan fingerprint density at radius 1 is 0.800 bits per heavy atom. The molecule has 0 amide bonds. The number of benzene rings is 4. The fraction of sp³-hybridized carbons (Fsp3) is 0.0690. The van der Waals surface area contributed by atoms with Crippen molar-refractivity contribution in [2.24, 2.45) is 0 Å². The standard InChI is InChI=1S/C29H21ClN4S/c1-19-11-13-21(14-12-19)27-23-9-5-6-10-24(23)28(33-32-27)35-29-31-25-17-22(30)15-16-26(25)34(29)18-20-7-3-2-4-8-20/h2-17H,18H2,1H3. The molecule has 0 aliphatic rings. The highest BCUT2D eigenvalue weighted by Crippen LogP contribution is 2.36. The normalized spacial score (nSPS) is 11.4. The number of aromatic nitrogens is 4. The molecule has 0 saturated heterocycles. The number of nitrogens with zero attached hydrogens (tertiary/aromatic N) is 4. The average Bonchev–Trinajstić information content (AvgIpc) is 3.21. The topological polar surface area (TPSA) is 43.6 Å². The van der Waals surface area contributed by atoms with Crippen LogP contribution in [0.5, 0.6) is 0 Å². The monoisotopic (exact) mass is 492 g/mol. The van der Waals surface area contributed by atoms with E-state index in [2.05, 4.69) is 82.4 Å². The smallest absolute Gasteiger partial charge is 0.175 e. The third kappa shape index (κ3) is 4.29. The second kappa shape index (κ2) is 9.17. The van der Waals surface area contributed by atoms with Crippen LogP contribution in [0, 0.1) is 6.92 Å². The van der Waals surface area contributed by atoms with Crippen LogP contribution < -0.4 is 0 Å². The van der Waals surface area contributed by atoms with Crippen molar-refractivity contribution in [3.63, 3.8) is 0 Å². The summed E-state index contributed by atoms with van der Waals surface area (Å²) < 4.78 is 2.22. The minimum atomic E-state index is 0.672. The van der Waals surface area contributed by atoms with E-state index in [9.17, 15) is 0 Å². The molecule has 6 heteroatoms. The van der Waals surface area contributed by atoms with Gasteiger partial charge in [-0.1, -0.05) is 96.0 Å². The quantitative estimate of drug-likeness (QED) is 0.246. The van der Waals surface area contributed by atoms with Crippen LogP contribution in [0.25, 0.3) is 33.1 Å². The summed E-state index contributed by atoms with van der Waals surface area (Å²) in [6, 6.07) is 32.9. The number of hydrogen-bond donors (Lipinski definition) is 0. The highest BCUT2D eigenvalue weighted by atomic mass is 35.5. The van der Waals surface area contributed by atoms with E-state index in [0.717, 1.165) is 43.2 Å². The van der Waals surface area contributed by atoms with E-state index in [4.69, 9.17) is 16.6 Å². The predicted molar refractivity (Wildman–Crippen MR) is 144 cm³/mol. The second-order valence-electron chi connectivity index (χ2n) is 8.47. The number of hydrogen-bond acceptors (Lipinski definition) is 4. The zero-order valence-corrected chi connectivity index (χ0v) is 20.6. The SMILES string of the molecule is Cc1ccc(-c2nnc(Sc3nc4cc(Cl)ccc4n3Cc3ccccc3)c3ccccc23)cc1. The largest absolute Gasteiger partial charge is 0.314 e. The Labute approximate surface area is 212 Å². The molecule has 4 nitrogen and oxygen atoms in total. The molecule has 0 atom stereocenters. The predicted octanol–water partition coefficient (Wildman–Crippen LogP) is 7.81. The first-order chi connectivity index (χ1) is 17.2. The molecule has 0 N–H and O–H groups in total. The lowest BCUT2D eigenvalue weighted by Gasteiger charge is -2.11. The molecule has 6 aromatic rings. The van der Waals surface area contributed by atoms with Crippen molar-refractivity contribution in [2.75, 3.05) is 0 Å². The van der Waals surface area contributed by atoms with Gasteiger partial charge in [0.25, 0.3) is 0 Å². The van der Waals surface area contributed by atoms with Crippen LogP contribution in [0.1, 0.15) is 11.1 Å². The molecule has 0 spiro atoms. The number of rotatable bonds is 5. The van der Waals surface area contributed by atoms with Gasteiger partial charge in [0.05, 0.1) is 17.6 Å². The van der Waals surface area contributed by atoms with Gasteiger partial charge in [0.2, 0.25) is 0 Å². The number of fused-ring (bicyclic) bond motifs is 2. The molecule has 35 heavy (non-hydrogen) atoms. The zero-order chi connectivity index (χ0) is 23.8. The molecule has 2 aromatic heterocycles. The molecular weight excluding hydrogens is 472 g/mol. The number of halogens is 1. The maximum absolute atomic E-state index is 6.29. The summed E-state index contributed by atoms with van der Waals surface area (Å²) in [6.45, 7) is 2.79.